The van der Waals surface area contributed by atoms with Crippen LogP contribution in [0.15, 0.2) is 18.2 Å². The van der Waals surface area contributed by atoms with Gasteiger partial charge in [0.15, 0.2) is 11.5 Å². The summed E-state index contributed by atoms with van der Waals surface area (Å²) in [5.74, 6) is 2.80. The monoisotopic (exact) mass is 384 g/mol. The maximum Gasteiger partial charge on any atom is 0.228 e. The van der Waals surface area contributed by atoms with E-state index in [4.69, 9.17) is 9.47 Å². The normalized spacial score (nSPS) is 29.6. The smallest absolute Gasteiger partial charge is 0.228 e. The lowest BCUT2D eigenvalue weighted by Gasteiger charge is -2.42. The van der Waals surface area contributed by atoms with Gasteiger partial charge in [-0.15, -0.1) is 0 Å². The molecule has 150 valence electrons. The van der Waals surface area contributed by atoms with Gasteiger partial charge in [-0.2, -0.15) is 0 Å². The van der Waals surface area contributed by atoms with Crippen molar-refractivity contribution in [1.29, 1.82) is 0 Å². The fourth-order valence-electron chi connectivity index (χ4n) is 5.38. The summed E-state index contributed by atoms with van der Waals surface area (Å²) < 4.78 is 11.2. The first-order valence-electron chi connectivity index (χ1n) is 10.7. The van der Waals surface area contributed by atoms with Crippen LogP contribution in [0.4, 0.5) is 5.69 Å². The van der Waals surface area contributed by atoms with Gasteiger partial charge in [0.1, 0.15) is 13.2 Å². The van der Waals surface area contributed by atoms with Crippen LogP contribution in [0.3, 0.4) is 0 Å². The van der Waals surface area contributed by atoms with Crippen LogP contribution in [-0.4, -0.2) is 49.6 Å². The van der Waals surface area contributed by atoms with Crippen LogP contribution in [0, 0.1) is 17.8 Å². The summed E-state index contributed by atoms with van der Waals surface area (Å²) in [6.45, 7) is 3.26. The van der Waals surface area contributed by atoms with Crippen molar-refractivity contribution in [3.05, 3.63) is 18.2 Å². The number of fused-ring (bicyclic) bond motifs is 2. The van der Waals surface area contributed by atoms with Gasteiger partial charge in [0, 0.05) is 37.8 Å². The first-order chi connectivity index (χ1) is 13.7. The van der Waals surface area contributed by atoms with Gasteiger partial charge in [0.25, 0.3) is 0 Å². The molecule has 0 aromatic heterocycles. The Morgan fingerprint density at radius 1 is 0.964 bits per heavy atom. The van der Waals surface area contributed by atoms with Crippen molar-refractivity contribution in [2.75, 3.05) is 37.7 Å². The van der Waals surface area contributed by atoms with E-state index in [9.17, 15) is 9.59 Å². The Balaban J connectivity index is 1.26. The molecule has 3 atom stereocenters. The van der Waals surface area contributed by atoms with Crippen molar-refractivity contribution in [1.82, 2.24) is 4.90 Å². The predicted octanol–water partition coefficient (Wildman–Crippen LogP) is 2.85. The Hall–Kier alpha value is -2.24. The number of piperidine rings is 1. The summed E-state index contributed by atoms with van der Waals surface area (Å²) in [4.78, 5) is 29.6. The standard InChI is InChI=1S/C22H28N2O4/c25-21-11-17(22(26)23-8-7-15-3-1-2-4-16(15)13-23)14-24(21)18-5-6-19-20(12-18)28-10-9-27-19/h5-6,12,15-17H,1-4,7-11,13-14H2/t15-,16-,17-/m1/s1. The predicted molar refractivity (Wildman–Crippen MR) is 105 cm³/mol. The molecule has 0 N–H and O–H groups in total. The van der Waals surface area contributed by atoms with Gasteiger partial charge in [-0.1, -0.05) is 19.3 Å². The molecule has 0 spiro atoms. The van der Waals surface area contributed by atoms with Crippen molar-refractivity contribution in [2.45, 2.75) is 38.5 Å². The van der Waals surface area contributed by atoms with Gasteiger partial charge in [-0.3, -0.25) is 9.59 Å². The van der Waals surface area contributed by atoms with Crippen LogP contribution in [0.5, 0.6) is 11.5 Å². The third-order valence-corrected chi connectivity index (χ3v) is 6.91. The number of carbonyl (C=O) groups excluding carboxylic acids is 2. The second-order valence-corrected chi connectivity index (χ2v) is 8.61. The molecule has 1 aromatic carbocycles. The van der Waals surface area contributed by atoms with Crippen LogP contribution < -0.4 is 14.4 Å². The number of ether oxygens (including phenoxy) is 2. The molecule has 3 heterocycles. The lowest BCUT2D eigenvalue weighted by Crippen LogP contribution is -2.47. The van der Waals surface area contributed by atoms with Crippen LogP contribution in [-0.2, 0) is 9.59 Å². The topological polar surface area (TPSA) is 59.1 Å². The molecule has 28 heavy (non-hydrogen) atoms. The van der Waals surface area contributed by atoms with Crippen molar-refractivity contribution < 1.29 is 19.1 Å². The molecule has 1 aromatic rings. The number of benzene rings is 1. The molecule has 6 nitrogen and oxygen atoms in total. The van der Waals surface area contributed by atoms with E-state index in [0.717, 1.165) is 31.1 Å². The molecule has 2 amide bonds. The SMILES string of the molecule is O=C([C@@H]1CC(=O)N(c2ccc3c(c2)OCCO3)C1)N1CC[C@H]2CCCC[C@@H]2C1. The minimum Gasteiger partial charge on any atom is -0.486 e. The quantitative estimate of drug-likeness (QED) is 0.787. The fourth-order valence-corrected chi connectivity index (χ4v) is 5.38. The van der Waals surface area contributed by atoms with E-state index in [1.54, 1.807) is 4.90 Å². The highest BCUT2D eigenvalue weighted by Crippen LogP contribution is 2.38. The molecule has 4 aliphatic rings. The molecule has 1 saturated carbocycles. The van der Waals surface area contributed by atoms with Crippen LogP contribution in [0.2, 0.25) is 0 Å². The molecular weight excluding hydrogens is 356 g/mol. The summed E-state index contributed by atoms with van der Waals surface area (Å²) in [6, 6.07) is 5.58. The lowest BCUT2D eigenvalue weighted by molar-refractivity contribution is -0.138. The average Bonchev–Trinajstić information content (AvgIpc) is 3.14. The van der Waals surface area contributed by atoms with Crippen molar-refractivity contribution in [3.63, 3.8) is 0 Å². The number of anilines is 1. The van der Waals surface area contributed by atoms with E-state index in [0.29, 0.717) is 43.6 Å². The molecule has 3 aliphatic heterocycles. The Labute approximate surface area is 165 Å². The van der Waals surface area contributed by atoms with E-state index in [2.05, 4.69) is 0 Å². The highest BCUT2D eigenvalue weighted by molar-refractivity contribution is 6.00. The second-order valence-electron chi connectivity index (χ2n) is 8.61. The Kier molecular flexibility index (Phi) is 4.65. The molecular formula is C22H28N2O4. The maximum absolute atomic E-state index is 13.1. The maximum atomic E-state index is 13.1. The first kappa shape index (κ1) is 17.8. The second kappa shape index (κ2) is 7.30. The van der Waals surface area contributed by atoms with Gasteiger partial charge < -0.3 is 19.3 Å². The summed E-state index contributed by atoms with van der Waals surface area (Å²) in [5, 5.41) is 0. The molecule has 0 bridgehead atoms. The van der Waals surface area contributed by atoms with Gasteiger partial charge in [0.2, 0.25) is 11.8 Å². The zero-order chi connectivity index (χ0) is 19.1. The van der Waals surface area contributed by atoms with Crippen LogP contribution in [0.25, 0.3) is 0 Å². The van der Waals surface area contributed by atoms with Crippen molar-refractivity contribution in [3.8, 4) is 11.5 Å². The Morgan fingerprint density at radius 3 is 2.61 bits per heavy atom. The van der Waals surface area contributed by atoms with E-state index >= 15 is 0 Å². The van der Waals surface area contributed by atoms with E-state index < -0.39 is 0 Å². The summed E-state index contributed by atoms with van der Waals surface area (Å²) in [6.07, 6.45) is 6.65. The molecule has 0 radical (unpaired) electrons. The zero-order valence-electron chi connectivity index (χ0n) is 16.3. The van der Waals surface area contributed by atoms with Crippen molar-refractivity contribution in [2.24, 2.45) is 17.8 Å². The molecule has 5 rings (SSSR count). The number of nitrogens with zero attached hydrogens (tertiary/aromatic N) is 2. The molecule has 0 unspecified atom stereocenters. The summed E-state index contributed by atoms with van der Waals surface area (Å²) in [7, 11) is 0. The van der Waals surface area contributed by atoms with Gasteiger partial charge in [0.05, 0.1) is 5.92 Å². The highest BCUT2D eigenvalue weighted by Gasteiger charge is 2.40. The van der Waals surface area contributed by atoms with Crippen molar-refractivity contribution >= 4 is 17.5 Å². The molecule has 6 heteroatoms. The van der Waals surface area contributed by atoms with E-state index in [1.165, 1.54) is 25.7 Å². The minimum absolute atomic E-state index is 0.0163. The van der Waals surface area contributed by atoms with Crippen LogP contribution >= 0.6 is 0 Å². The van der Waals surface area contributed by atoms with Gasteiger partial charge in [-0.05, 0) is 36.8 Å². The number of hydrogen-bond donors (Lipinski definition) is 0. The number of likely N-dealkylation sites (tertiary alicyclic amines) is 1. The number of amides is 2. The fraction of sp³-hybridized carbons (Fsp3) is 0.636. The largest absolute Gasteiger partial charge is 0.486 e. The minimum atomic E-state index is -0.235. The lowest BCUT2D eigenvalue weighted by atomic mass is 9.75. The van der Waals surface area contributed by atoms with E-state index in [1.807, 2.05) is 23.1 Å². The summed E-state index contributed by atoms with van der Waals surface area (Å²) >= 11 is 0. The Bertz CT molecular complexity index is 780. The first-order valence-corrected chi connectivity index (χ1v) is 10.7. The third-order valence-electron chi connectivity index (χ3n) is 6.91. The highest BCUT2D eigenvalue weighted by atomic mass is 16.6. The summed E-state index contributed by atoms with van der Waals surface area (Å²) in [5.41, 5.74) is 0.788. The molecule has 3 fully saturated rings. The number of rotatable bonds is 2. The number of carbonyl (C=O) groups is 2. The van der Waals surface area contributed by atoms with Gasteiger partial charge >= 0.3 is 0 Å². The zero-order valence-corrected chi connectivity index (χ0v) is 16.3. The Morgan fingerprint density at radius 2 is 1.75 bits per heavy atom. The van der Waals surface area contributed by atoms with Gasteiger partial charge in [-0.25, -0.2) is 0 Å². The number of hydrogen-bond acceptors (Lipinski definition) is 4. The van der Waals surface area contributed by atoms with E-state index in [-0.39, 0.29) is 17.7 Å². The third kappa shape index (κ3) is 3.23. The molecule has 1 aliphatic carbocycles. The van der Waals surface area contributed by atoms with Crippen LogP contribution in [0.1, 0.15) is 38.5 Å². The average molecular weight is 384 g/mol. The molecule has 2 saturated heterocycles.